The summed E-state index contributed by atoms with van der Waals surface area (Å²) in [5.41, 5.74) is 1.82. The van der Waals surface area contributed by atoms with Gasteiger partial charge in [0.05, 0.1) is 24.5 Å². The largest absolute Gasteiger partial charge is 0.481 e. The molecule has 2 rings (SSSR count). The molecule has 0 spiro atoms. The Hall–Kier alpha value is -1.88. The summed E-state index contributed by atoms with van der Waals surface area (Å²) in [4.78, 5) is 23.2. The molecule has 0 bridgehead atoms. The van der Waals surface area contributed by atoms with Gasteiger partial charge in [0, 0.05) is 6.61 Å². The van der Waals surface area contributed by atoms with Crippen molar-refractivity contribution in [2.75, 3.05) is 6.61 Å². The number of carboxylic acids is 1. The highest BCUT2D eigenvalue weighted by molar-refractivity contribution is 5.83. The third kappa shape index (κ3) is 4.04. The second-order valence-corrected chi connectivity index (χ2v) is 5.35. The van der Waals surface area contributed by atoms with Gasteiger partial charge in [-0.1, -0.05) is 24.3 Å². The molecular weight excluding hydrogens is 270 g/mol. The zero-order valence-corrected chi connectivity index (χ0v) is 12.3. The van der Waals surface area contributed by atoms with E-state index in [0.29, 0.717) is 13.0 Å². The number of aliphatic carboxylic acids is 1. The maximum atomic E-state index is 12.2. The molecule has 0 aliphatic heterocycles. The van der Waals surface area contributed by atoms with E-state index in [1.807, 2.05) is 38.1 Å². The summed E-state index contributed by atoms with van der Waals surface area (Å²) in [6.45, 7) is 4.40. The fourth-order valence-electron chi connectivity index (χ4n) is 2.52. The Balaban J connectivity index is 2.06. The molecule has 0 radical (unpaired) electrons. The van der Waals surface area contributed by atoms with Crippen LogP contribution in [0.2, 0.25) is 0 Å². The zero-order valence-electron chi connectivity index (χ0n) is 12.3. The molecule has 0 heterocycles. The average Bonchev–Trinajstić information content (AvgIpc) is 3.18. The smallest absolute Gasteiger partial charge is 0.305 e. The Labute approximate surface area is 124 Å². The molecule has 1 aromatic rings. The van der Waals surface area contributed by atoms with E-state index in [0.717, 1.165) is 11.1 Å². The lowest BCUT2D eigenvalue weighted by molar-refractivity contribution is -0.137. The molecule has 0 aromatic heterocycles. The predicted molar refractivity (Wildman–Crippen MR) is 77.8 cm³/mol. The van der Waals surface area contributed by atoms with E-state index < -0.39 is 12.0 Å². The number of rotatable bonds is 7. The average molecular weight is 291 g/mol. The van der Waals surface area contributed by atoms with Crippen molar-refractivity contribution >= 4 is 11.9 Å². The van der Waals surface area contributed by atoms with Gasteiger partial charge in [0.25, 0.3) is 0 Å². The SMILES string of the molecule is CCOC1CC1C(=O)NC(CC(=O)O)c1ccccc1C. The monoisotopic (exact) mass is 291 g/mol. The normalized spacial score (nSPS) is 21.6. The minimum Gasteiger partial charge on any atom is -0.481 e. The highest BCUT2D eigenvalue weighted by atomic mass is 16.5. The highest BCUT2D eigenvalue weighted by Gasteiger charge is 2.44. The standard InChI is InChI=1S/C16H21NO4/c1-3-21-14-8-12(14)16(20)17-13(9-15(18)19)11-7-5-4-6-10(11)2/h4-7,12-14H,3,8-9H2,1-2H3,(H,17,20)(H,18,19). The van der Waals surface area contributed by atoms with Crippen LogP contribution in [0.1, 0.15) is 36.9 Å². The third-order valence-electron chi connectivity index (χ3n) is 3.71. The number of carbonyl (C=O) groups excluding carboxylic acids is 1. The van der Waals surface area contributed by atoms with Crippen LogP contribution in [0.5, 0.6) is 0 Å². The molecule has 1 aromatic carbocycles. The van der Waals surface area contributed by atoms with Crippen LogP contribution in [0.4, 0.5) is 0 Å². The number of ether oxygens (including phenoxy) is 1. The second-order valence-electron chi connectivity index (χ2n) is 5.35. The fraction of sp³-hybridized carbons (Fsp3) is 0.500. The van der Waals surface area contributed by atoms with E-state index in [4.69, 9.17) is 9.84 Å². The lowest BCUT2D eigenvalue weighted by Crippen LogP contribution is -2.32. The van der Waals surface area contributed by atoms with Crippen LogP contribution in [0.25, 0.3) is 0 Å². The topological polar surface area (TPSA) is 75.6 Å². The number of hydrogen-bond donors (Lipinski definition) is 2. The lowest BCUT2D eigenvalue weighted by atomic mass is 9.98. The van der Waals surface area contributed by atoms with E-state index in [1.54, 1.807) is 0 Å². The summed E-state index contributed by atoms with van der Waals surface area (Å²) in [5.74, 6) is -1.20. The van der Waals surface area contributed by atoms with Crippen molar-refractivity contribution in [2.24, 2.45) is 5.92 Å². The first kappa shape index (κ1) is 15.5. The number of carbonyl (C=O) groups is 2. The first-order chi connectivity index (χ1) is 10.0. The molecule has 1 aliphatic carbocycles. The van der Waals surface area contributed by atoms with Gasteiger partial charge in [-0.25, -0.2) is 0 Å². The quantitative estimate of drug-likeness (QED) is 0.806. The number of amides is 1. The maximum Gasteiger partial charge on any atom is 0.305 e. The molecule has 1 saturated carbocycles. The van der Waals surface area contributed by atoms with Crippen LogP contribution < -0.4 is 5.32 Å². The van der Waals surface area contributed by atoms with E-state index in [2.05, 4.69) is 5.32 Å². The summed E-state index contributed by atoms with van der Waals surface area (Å²) in [5, 5.41) is 11.9. The summed E-state index contributed by atoms with van der Waals surface area (Å²) >= 11 is 0. The Kier molecular flexibility index (Phi) is 4.96. The van der Waals surface area contributed by atoms with Crippen LogP contribution in [0, 0.1) is 12.8 Å². The summed E-state index contributed by atoms with van der Waals surface area (Å²) < 4.78 is 5.40. The third-order valence-corrected chi connectivity index (χ3v) is 3.71. The van der Waals surface area contributed by atoms with Gasteiger partial charge >= 0.3 is 5.97 Å². The van der Waals surface area contributed by atoms with Crippen LogP contribution >= 0.6 is 0 Å². The van der Waals surface area contributed by atoms with Crippen molar-refractivity contribution in [3.8, 4) is 0 Å². The van der Waals surface area contributed by atoms with Gasteiger partial charge in [0.1, 0.15) is 0 Å². The molecule has 3 unspecified atom stereocenters. The Morgan fingerprint density at radius 3 is 2.76 bits per heavy atom. The van der Waals surface area contributed by atoms with E-state index in [-0.39, 0.29) is 24.3 Å². The zero-order chi connectivity index (χ0) is 15.4. The van der Waals surface area contributed by atoms with Gasteiger partial charge in [-0.3, -0.25) is 9.59 Å². The summed E-state index contributed by atoms with van der Waals surface area (Å²) in [7, 11) is 0. The molecule has 114 valence electrons. The first-order valence-corrected chi connectivity index (χ1v) is 7.22. The van der Waals surface area contributed by atoms with E-state index in [9.17, 15) is 9.59 Å². The van der Waals surface area contributed by atoms with Gasteiger partial charge in [0.15, 0.2) is 0 Å². The predicted octanol–water partition coefficient (Wildman–Crippen LogP) is 2.05. The van der Waals surface area contributed by atoms with Crippen LogP contribution in [0.3, 0.4) is 0 Å². The van der Waals surface area contributed by atoms with Gasteiger partial charge in [-0.2, -0.15) is 0 Å². The van der Waals surface area contributed by atoms with Crippen LogP contribution in [-0.4, -0.2) is 29.7 Å². The van der Waals surface area contributed by atoms with Crippen molar-refractivity contribution < 1.29 is 19.4 Å². The molecular formula is C16H21NO4. The van der Waals surface area contributed by atoms with Crippen LogP contribution in [-0.2, 0) is 14.3 Å². The minimum atomic E-state index is -0.930. The van der Waals surface area contributed by atoms with Gasteiger partial charge in [-0.05, 0) is 31.4 Å². The molecule has 1 aliphatic rings. The van der Waals surface area contributed by atoms with Crippen molar-refractivity contribution in [2.45, 2.75) is 38.8 Å². The van der Waals surface area contributed by atoms with E-state index >= 15 is 0 Å². The van der Waals surface area contributed by atoms with E-state index in [1.165, 1.54) is 0 Å². The molecule has 21 heavy (non-hydrogen) atoms. The number of hydrogen-bond acceptors (Lipinski definition) is 3. The van der Waals surface area contributed by atoms with Crippen molar-refractivity contribution in [1.82, 2.24) is 5.32 Å². The number of benzene rings is 1. The Morgan fingerprint density at radius 1 is 1.43 bits per heavy atom. The molecule has 2 N–H and O–H groups in total. The number of aryl methyl sites for hydroxylation is 1. The Bertz CT molecular complexity index is 529. The van der Waals surface area contributed by atoms with Gasteiger partial charge in [-0.15, -0.1) is 0 Å². The fourth-order valence-corrected chi connectivity index (χ4v) is 2.52. The molecule has 0 saturated heterocycles. The molecule has 1 amide bonds. The molecule has 5 nitrogen and oxygen atoms in total. The molecule has 5 heteroatoms. The molecule has 3 atom stereocenters. The Morgan fingerprint density at radius 2 is 2.14 bits per heavy atom. The first-order valence-electron chi connectivity index (χ1n) is 7.22. The van der Waals surface area contributed by atoms with Gasteiger partial charge < -0.3 is 15.2 Å². The maximum absolute atomic E-state index is 12.2. The molecule has 1 fully saturated rings. The number of carboxylic acid groups (broad SMARTS) is 1. The number of nitrogens with one attached hydrogen (secondary N) is 1. The van der Waals surface area contributed by atoms with Crippen molar-refractivity contribution in [1.29, 1.82) is 0 Å². The second kappa shape index (κ2) is 6.72. The van der Waals surface area contributed by atoms with Crippen molar-refractivity contribution in [3.05, 3.63) is 35.4 Å². The van der Waals surface area contributed by atoms with Gasteiger partial charge in [0.2, 0.25) is 5.91 Å². The van der Waals surface area contributed by atoms with Crippen LogP contribution in [0.15, 0.2) is 24.3 Å². The summed E-state index contributed by atoms with van der Waals surface area (Å²) in [6, 6.07) is 7.01. The highest BCUT2D eigenvalue weighted by Crippen LogP contribution is 2.34. The summed E-state index contributed by atoms with van der Waals surface area (Å²) in [6.07, 6.45) is 0.577. The lowest BCUT2D eigenvalue weighted by Gasteiger charge is -2.19. The minimum absolute atomic E-state index is 0.0163. The van der Waals surface area contributed by atoms with Crippen molar-refractivity contribution in [3.63, 3.8) is 0 Å².